The summed E-state index contributed by atoms with van der Waals surface area (Å²) in [6.45, 7) is 2.68. The molecule has 2 heterocycles. The van der Waals surface area contributed by atoms with Crippen molar-refractivity contribution in [2.75, 3.05) is 31.6 Å². The van der Waals surface area contributed by atoms with Crippen LogP contribution >= 0.6 is 0 Å². The highest BCUT2D eigenvalue weighted by atomic mass is 32.2. The summed E-state index contributed by atoms with van der Waals surface area (Å²) in [7, 11) is -2.41. The smallest absolute Gasteiger partial charge is 0.348 e. The number of carbonyl (C=O) groups excluding carboxylic acids is 2. The van der Waals surface area contributed by atoms with E-state index in [0.717, 1.165) is 12.8 Å². The first kappa shape index (κ1) is 21.3. The molecule has 0 unspecified atom stereocenters. The van der Waals surface area contributed by atoms with Crippen LogP contribution in [0.5, 0.6) is 5.75 Å². The molecule has 0 radical (unpaired) electrons. The molecule has 8 nitrogen and oxygen atoms in total. The largest absolute Gasteiger partial charge is 0.475 e. The minimum Gasteiger partial charge on any atom is -0.475 e. The second-order valence-electron chi connectivity index (χ2n) is 7.60. The van der Waals surface area contributed by atoms with E-state index in [2.05, 4.69) is 0 Å². The SMILES string of the molecule is COC(=O)[C@H]1CN(C(=O)c2cc(S(=O)(=O)N3CCCC3)ccc2C)c2ccccc2O1. The Morgan fingerprint density at radius 2 is 1.81 bits per heavy atom. The van der Waals surface area contributed by atoms with Crippen LogP contribution in [0.25, 0.3) is 0 Å². The van der Waals surface area contributed by atoms with Crippen LogP contribution in [0, 0.1) is 6.92 Å². The Morgan fingerprint density at radius 1 is 1.10 bits per heavy atom. The lowest BCUT2D eigenvalue weighted by Gasteiger charge is -2.34. The first-order valence-corrected chi connectivity index (χ1v) is 11.5. The van der Waals surface area contributed by atoms with Crippen molar-refractivity contribution in [2.45, 2.75) is 30.8 Å². The number of hydrogen-bond donors (Lipinski definition) is 0. The minimum atomic E-state index is -3.67. The fourth-order valence-electron chi connectivity index (χ4n) is 3.90. The number of carbonyl (C=O) groups is 2. The number of para-hydroxylation sites is 2. The molecule has 1 atom stereocenters. The fraction of sp³-hybridized carbons (Fsp3) is 0.364. The van der Waals surface area contributed by atoms with Crippen LogP contribution in [0.4, 0.5) is 5.69 Å². The molecule has 9 heteroatoms. The van der Waals surface area contributed by atoms with E-state index in [-0.39, 0.29) is 17.0 Å². The summed E-state index contributed by atoms with van der Waals surface area (Å²) >= 11 is 0. The highest BCUT2D eigenvalue weighted by molar-refractivity contribution is 7.89. The molecule has 2 aliphatic heterocycles. The zero-order chi connectivity index (χ0) is 22.2. The van der Waals surface area contributed by atoms with Gasteiger partial charge in [-0.05, 0) is 49.6 Å². The summed E-state index contributed by atoms with van der Waals surface area (Å²) in [6.07, 6.45) is 0.688. The maximum atomic E-state index is 13.6. The van der Waals surface area contributed by atoms with Gasteiger partial charge in [-0.3, -0.25) is 4.79 Å². The molecule has 0 aromatic heterocycles. The summed E-state index contributed by atoms with van der Waals surface area (Å²) in [5.74, 6) is -0.606. The molecule has 0 spiro atoms. The number of esters is 1. The number of fused-ring (bicyclic) bond motifs is 1. The molecule has 4 rings (SSSR count). The maximum absolute atomic E-state index is 13.6. The van der Waals surface area contributed by atoms with Crippen molar-refractivity contribution in [3.63, 3.8) is 0 Å². The van der Waals surface area contributed by atoms with Gasteiger partial charge in [-0.15, -0.1) is 0 Å². The number of benzene rings is 2. The molecule has 1 fully saturated rings. The number of ether oxygens (including phenoxy) is 2. The van der Waals surface area contributed by atoms with Crippen LogP contribution in [-0.4, -0.2) is 57.4 Å². The van der Waals surface area contributed by atoms with E-state index in [1.165, 1.54) is 28.4 Å². The Hall–Kier alpha value is -2.91. The molecule has 0 N–H and O–H groups in total. The lowest BCUT2D eigenvalue weighted by atomic mass is 10.1. The summed E-state index contributed by atoms with van der Waals surface area (Å²) in [4.78, 5) is 27.2. The van der Waals surface area contributed by atoms with E-state index < -0.39 is 28.0 Å². The number of anilines is 1. The predicted octanol–water partition coefficient (Wildman–Crippen LogP) is 2.36. The van der Waals surface area contributed by atoms with Gasteiger partial charge in [0.2, 0.25) is 16.1 Å². The number of nitrogens with zero attached hydrogens (tertiary/aromatic N) is 2. The van der Waals surface area contributed by atoms with Gasteiger partial charge < -0.3 is 14.4 Å². The van der Waals surface area contributed by atoms with Crippen LogP contribution in [0.2, 0.25) is 0 Å². The lowest BCUT2D eigenvalue weighted by molar-refractivity contribution is -0.148. The predicted molar refractivity (Wildman–Crippen MR) is 114 cm³/mol. The van der Waals surface area contributed by atoms with Crippen LogP contribution < -0.4 is 9.64 Å². The number of sulfonamides is 1. The standard InChI is InChI=1S/C22H24N2O6S/c1-15-9-10-16(31(27,28)23-11-5-6-12-23)13-17(15)21(25)24-14-20(22(26)29-2)30-19-8-4-3-7-18(19)24/h3-4,7-10,13,20H,5-6,11-12,14H2,1-2H3/t20-/m1/s1. The van der Waals surface area contributed by atoms with Gasteiger partial charge in [0, 0.05) is 18.7 Å². The quantitative estimate of drug-likeness (QED) is 0.672. The van der Waals surface area contributed by atoms with Crippen molar-refractivity contribution in [3.05, 3.63) is 53.6 Å². The Labute approximate surface area is 181 Å². The van der Waals surface area contributed by atoms with E-state index in [1.54, 1.807) is 37.3 Å². The fourth-order valence-corrected chi connectivity index (χ4v) is 5.44. The normalized spacial score (nSPS) is 18.9. The molecule has 2 aromatic rings. The first-order chi connectivity index (χ1) is 14.8. The second kappa shape index (κ2) is 8.32. The van der Waals surface area contributed by atoms with Crippen molar-refractivity contribution in [3.8, 4) is 5.75 Å². The molecule has 164 valence electrons. The Bertz CT molecular complexity index is 1120. The number of methoxy groups -OCH3 is 1. The average Bonchev–Trinajstić information content (AvgIpc) is 3.33. The van der Waals surface area contributed by atoms with Gasteiger partial charge in [-0.1, -0.05) is 18.2 Å². The summed E-state index contributed by atoms with van der Waals surface area (Å²) in [5, 5.41) is 0. The van der Waals surface area contributed by atoms with Gasteiger partial charge >= 0.3 is 5.97 Å². The Balaban J connectivity index is 1.73. The van der Waals surface area contributed by atoms with Crippen LogP contribution in [0.15, 0.2) is 47.4 Å². The van der Waals surface area contributed by atoms with Gasteiger partial charge in [0.15, 0.2) is 0 Å². The summed E-state index contributed by atoms with van der Waals surface area (Å²) in [6, 6.07) is 11.5. The van der Waals surface area contributed by atoms with Gasteiger partial charge in [0.1, 0.15) is 5.75 Å². The van der Waals surface area contributed by atoms with Crippen molar-refractivity contribution in [2.24, 2.45) is 0 Å². The van der Waals surface area contributed by atoms with Crippen molar-refractivity contribution in [1.82, 2.24) is 4.31 Å². The minimum absolute atomic E-state index is 0.0366. The zero-order valence-electron chi connectivity index (χ0n) is 17.4. The third kappa shape index (κ3) is 3.90. The molecule has 0 aliphatic carbocycles. The van der Waals surface area contributed by atoms with Gasteiger partial charge in [-0.25, -0.2) is 13.2 Å². The third-order valence-corrected chi connectivity index (χ3v) is 7.52. The number of amides is 1. The molecule has 0 bridgehead atoms. The zero-order valence-corrected chi connectivity index (χ0v) is 18.2. The second-order valence-corrected chi connectivity index (χ2v) is 9.54. The molecule has 31 heavy (non-hydrogen) atoms. The van der Waals surface area contributed by atoms with Crippen LogP contribution in [-0.2, 0) is 19.6 Å². The molecule has 1 amide bonds. The average molecular weight is 445 g/mol. The van der Waals surface area contributed by atoms with Gasteiger partial charge in [-0.2, -0.15) is 4.31 Å². The number of aryl methyl sites for hydroxylation is 1. The topological polar surface area (TPSA) is 93.2 Å². The van der Waals surface area contributed by atoms with E-state index in [4.69, 9.17) is 9.47 Å². The van der Waals surface area contributed by atoms with Crippen LogP contribution in [0.1, 0.15) is 28.8 Å². The van der Waals surface area contributed by atoms with Crippen molar-refractivity contribution < 1.29 is 27.5 Å². The van der Waals surface area contributed by atoms with E-state index >= 15 is 0 Å². The summed E-state index contributed by atoms with van der Waals surface area (Å²) in [5.41, 5.74) is 1.42. The third-order valence-electron chi connectivity index (χ3n) is 5.63. The van der Waals surface area contributed by atoms with Crippen LogP contribution in [0.3, 0.4) is 0 Å². The molecule has 2 aliphatic rings. The Morgan fingerprint density at radius 3 is 2.52 bits per heavy atom. The van der Waals surface area contributed by atoms with Crippen molar-refractivity contribution >= 4 is 27.6 Å². The summed E-state index contributed by atoms with van der Waals surface area (Å²) < 4.78 is 37.9. The maximum Gasteiger partial charge on any atom is 0.348 e. The molecule has 0 saturated carbocycles. The highest BCUT2D eigenvalue weighted by Gasteiger charge is 2.36. The molecular weight excluding hydrogens is 420 g/mol. The van der Waals surface area contributed by atoms with E-state index in [9.17, 15) is 18.0 Å². The van der Waals surface area contributed by atoms with Gasteiger partial charge in [0.05, 0.1) is 24.2 Å². The van der Waals surface area contributed by atoms with E-state index in [0.29, 0.717) is 30.1 Å². The molecular formula is C22H24N2O6S. The van der Waals surface area contributed by atoms with Crippen molar-refractivity contribution in [1.29, 1.82) is 0 Å². The molecule has 2 aromatic carbocycles. The first-order valence-electron chi connectivity index (χ1n) is 10.1. The molecule has 1 saturated heterocycles. The van der Waals surface area contributed by atoms with E-state index in [1.807, 2.05) is 0 Å². The lowest BCUT2D eigenvalue weighted by Crippen LogP contribution is -2.47. The number of rotatable bonds is 4. The monoisotopic (exact) mass is 444 g/mol. The number of hydrogen-bond acceptors (Lipinski definition) is 6. The Kier molecular flexibility index (Phi) is 5.72. The van der Waals surface area contributed by atoms with Gasteiger partial charge in [0.25, 0.3) is 5.91 Å². The highest BCUT2D eigenvalue weighted by Crippen LogP contribution is 2.35.